The molecular formula is C17H22N6OS. The lowest BCUT2D eigenvalue weighted by atomic mass is 10.1. The van der Waals surface area contributed by atoms with Crippen molar-refractivity contribution in [2.24, 2.45) is 0 Å². The molecule has 0 bridgehead atoms. The van der Waals surface area contributed by atoms with E-state index in [1.807, 2.05) is 11.6 Å². The number of likely N-dealkylation sites (N-methyl/N-ethyl adjacent to an activating group) is 1. The van der Waals surface area contributed by atoms with Crippen LogP contribution in [-0.2, 0) is 17.8 Å². The Morgan fingerprint density at radius 1 is 1.40 bits per heavy atom. The molecule has 0 radical (unpaired) electrons. The van der Waals surface area contributed by atoms with E-state index >= 15 is 0 Å². The van der Waals surface area contributed by atoms with E-state index in [2.05, 4.69) is 32.1 Å². The normalized spacial score (nSPS) is 21.2. The molecule has 132 valence electrons. The average molecular weight is 358 g/mol. The zero-order valence-corrected chi connectivity index (χ0v) is 15.1. The Morgan fingerprint density at radius 3 is 3.16 bits per heavy atom. The van der Waals surface area contributed by atoms with E-state index in [1.54, 1.807) is 6.20 Å². The molecule has 4 heterocycles. The number of hydrogen-bond donors (Lipinski definition) is 1. The quantitative estimate of drug-likeness (QED) is 0.897. The summed E-state index contributed by atoms with van der Waals surface area (Å²) in [6, 6.07) is 0.131. The zero-order valence-electron chi connectivity index (χ0n) is 14.3. The molecule has 0 saturated carbocycles. The van der Waals surface area contributed by atoms with Gasteiger partial charge < -0.3 is 10.2 Å². The van der Waals surface area contributed by atoms with Gasteiger partial charge in [0.1, 0.15) is 5.82 Å². The van der Waals surface area contributed by atoms with Gasteiger partial charge in [-0.3, -0.25) is 9.69 Å². The Hall–Kier alpha value is -1.90. The standard InChI is InChI=1S/C17H22N6OS/c1-22-7-4-13-12(10-22)9-19-16(20-13)14-3-2-6-23(14)11-15(24)21-17-18-5-8-25-17/h5,8-9,14H,2-4,6-7,10-11H2,1H3,(H,18,21,24). The predicted molar refractivity (Wildman–Crippen MR) is 96.4 cm³/mol. The summed E-state index contributed by atoms with van der Waals surface area (Å²) in [5, 5.41) is 5.36. The molecular weight excluding hydrogens is 336 g/mol. The Kier molecular flexibility index (Phi) is 4.74. The van der Waals surface area contributed by atoms with Crippen molar-refractivity contribution < 1.29 is 4.79 Å². The molecule has 0 aromatic carbocycles. The van der Waals surface area contributed by atoms with Crippen LogP contribution in [0.5, 0.6) is 0 Å². The van der Waals surface area contributed by atoms with Gasteiger partial charge in [-0.2, -0.15) is 0 Å². The minimum Gasteiger partial charge on any atom is -0.302 e. The van der Waals surface area contributed by atoms with E-state index in [1.165, 1.54) is 22.6 Å². The van der Waals surface area contributed by atoms with Crippen LogP contribution in [0.25, 0.3) is 0 Å². The fraction of sp³-hybridized carbons (Fsp3) is 0.529. The van der Waals surface area contributed by atoms with Gasteiger partial charge in [-0.05, 0) is 26.4 Å². The molecule has 2 aliphatic rings. The summed E-state index contributed by atoms with van der Waals surface area (Å²) in [7, 11) is 2.12. The van der Waals surface area contributed by atoms with Crippen LogP contribution in [0, 0.1) is 0 Å². The molecule has 1 unspecified atom stereocenters. The molecule has 25 heavy (non-hydrogen) atoms. The van der Waals surface area contributed by atoms with E-state index in [4.69, 9.17) is 4.98 Å². The molecule has 0 aliphatic carbocycles. The molecule has 2 aromatic heterocycles. The number of nitrogens with zero attached hydrogens (tertiary/aromatic N) is 5. The fourth-order valence-electron chi connectivity index (χ4n) is 3.57. The summed E-state index contributed by atoms with van der Waals surface area (Å²) in [5.74, 6) is 0.837. The van der Waals surface area contributed by atoms with Crippen molar-refractivity contribution in [3.05, 3.63) is 34.9 Å². The van der Waals surface area contributed by atoms with Gasteiger partial charge in [0.15, 0.2) is 5.13 Å². The van der Waals surface area contributed by atoms with Crippen molar-refractivity contribution in [1.29, 1.82) is 0 Å². The number of likely N-dealkylation sites (tertiary alicyclic amines) is 1. The van der Waals surface area contributed by atoms with Crippen LogP contribution < -0.4 is 5.32 Å². The van der Waals surface area contributed by atoms with Crippen LogP contribution >= 0.6 is 11.3 Å². The summed E-state index contributed by atoms with van der Waals surface area (Å²) in [6.07, 6.45) is 6.71. The second-order valence-corrected chi connectivity index (χ2v) is 7.60. The highest BCUT2D eigenvalue weighted by molar-refractivity contribution is 7.13. The van der Waals surface area contributed by atoms with E-state index in [0.29, 0.717) is 11.7 Å². The second-order valence-electron chi connectivity index (χ2n) is 6.70. The van der Waals surface area contributed by atoms with Crippen molar-refractivity contribution in [2.45, 2.75) is 31.8 Å². The first-order chi connectivity index (χ1) is 12.2. The van der Waals surface area contributed by atoms with Crippen LogP contribution in [0.4, 0.5) is 5.13 Å². The molecule has 1 saturated heterocycles. The Labute approximate surface area is 151 Å². The highest BCUT2D eigenvalue weighted by Crippen LogP contribution is 2.30. The van der Waals surface area contributed by atoms with Gasteiger partial charge in [0.2, 0.25) is 5.91 Å². The monoisotopic (exact) mass is 358 g/mol. The van der Waals surface area contributed by atoms with Crippen LogP contribution in [0.15, 0.2) is 17.8 Å². The maximum absolute atomic E-state index is 12.3. The third-order valence-electron chi connectivity index (χ3n) is 4.83. The number of aromatic nitrogens is 3. The molecule has 4 rings (SSSR count). The van der Waals surface area contributed by atoms with Gasteiger partial charge in [-0.1, -0.05) is 0 Å². The van der Waals surface area contributed by atoms with Crippen molar-refractivity contribution in [3.63, 3.8) is 0 Å². The number of rotatable bonds is 4. The number of carbonyl (C=O) groups excluding carboxylic acids is 1. The van der Waals surface area contributed by atoms with Crippen LogP contribution in [0.2, 0.25) is 0 Å². The highest BCUT2D eigenvalue weighted by Gasteiger charge is 2.30. The van der Waals surface area contributed by atoms with E-state index in [0.717, 1.165) is 44.7 Å². The third kappa shape index (κ3) is 3.70. The third-order valence-corrected chi connectivity index (χ3v) is 5.52. The van der Waals surface area contributed by atoms with Crippen molar-refractivity contribution >= 4 is 22.4 Å². The molecule has 1 fully saturated rings. The van der Waals surface area contributed by atoms with Gasteiger partial charge in [0.05, 0.1) is 12.6 Å². The van der Waals surface area contributed by atoms with E-state index in [-0.39, 0.29) is 11.9 Å². The van der Waals surface area contributed by atoms with Crippen molar-refractivity contribution in [1.82, 2.24) is 24.8 Å². The first-order valence-corrected chi connectivity index (χ1v) is 9.53. The summed E-state index contributed by atoms with van der Waals surface area (Å²) in [6.45, 7) is 3.21. The van der Waals surface area contributed by atoms with Crippen molar-refractivity contribution in [3.8, 4) is 0 Å². The van der Waals surface area contributed by atoms with Crippen LogP contribution in [0.3, 0.4) is 0 Å². The fourth-order valence-corrected chi connectivity index (χ4v) is 4.11. The zero-order chi connectivity index (χ0) is 17.2. The number of hydrogen-bond acceptors (Lipinski definition) is 7. The first-order valence-electron chi connectivity index (χ1n) is 8.65. The minimum absolute atomic E-state index is 0.0264. The number of thiazole rings is 1. The summed E-state index contributed by atoms with van der Waals surface area (Å²) in [4.78, 5) is 30.3. The maximum atomic E-state index is 12.3. The van der Waals surface area contributed by atoms with E-state index < -0.39 is 0 Å². The molecule has 0 spiro atoms. The van der Waals surface area contributed by atoms with Crippen molar-refractivity contribution in [2.75, 3.05) is 32.0 Å². The molecule has 2 aromatic rings. The lowest BCUT2D eigenvalue weighted by molar-refractivity contribution is -0.117. The maximum Gasteiger partial charge on any atom is 0.240 e. The molecule has 8 heteroatoms. The smallest absolute Gasteiger partial charge is 0.240 e. The number of fused-ring (bicyclic) bond motifs is 1. The van der Waals surface area contributed by atoms with Gasteiger partial charge in [-0.25, -0.2) is 15.0 Å². The summed E-state index contributed by atoms with van der Waals surface area (Å²) in [5.41, 5.74) is 2.39. The van der Waals surface area contributed by atoms with Gasteiger partial charge in [-0.15, -0.1) is 11.3 Å². The van der Waals surface area contributed by atoms with Crippen LogP contribution in [-0.4, -0.2) is 57.3 Å². The Morgan fingerprint density at radius 2 is 2.32 bits per heavy atom. The summed E-state index contributed by atoms with van der Waals surface area (Å²) < 4.78 is 0. The first kappa shape index (κ1) is 16.6. The number of carbonyl (C=O) groups is 1. The van der Waals surface area contributed by atoms with Crippen LogP contribution in [0.1, 0.15) is 36.0 Å². The molecule has 7 nitrogen and oxygen atoms in total. The molecule has 2 aliphatic heterocycles. The average Bonchev–Trinajstić information content (AvgIpc) is 3.26. The molecule has 1 amide bonds. The topological polar surface area (TPSA) is 74.2 Å². The number of amides is 1. The molecule has 1 atom stereocenters. The van der Waals surface area contributed by atoms with E-state index in [9.17, 15) is 4.79 Å². The van der Waals surface area contributed by atoms with Gasteiger partial charge >= 0.3 is 0 Å². The Bertz CT molecular complexity index is 750. The number of nitrogens with one attached hydrogen (secondary N) is 1. The largest absolute Gasteiger partial charge is 0.302 e. The van der Waals surface area contributed by atoms with Gasteiger partial charge in [0, 0.05) is 48.5 Å². The summed E-state index contributed by atoms with van der Waals surface area (Å²) >= 11 is 1.43. The minimum atomic E-state index is -0.0264. The van der Waals surface area contributed by atoms with Gasteiger partial charge in [0.25, 0.3) is 0 Å². The second kappa shape index (κ2) is 7.15. The predicted octanol–water partition coefficient (Wildman–Crippen LogP) is 1.70. The molecule has 1 N–H and O–H groups in total. The SMILES string of the molecule is CN1CCc2nc(C3CCCN3CC(=O)Nc3nccs3)ncc2C1. The highest BCUT2D eigenvalue weighted by atomic mass is 32.1. The number of anilines is 1. The lowest BCUT2D eigenvalue weighted by Crippen LogP contribution is -2.34. The Balaban J connectivity index is 1.45. The lowest BCUT2D eigenvalue weighted by Gasteiger charge is -2.26.